The fourth-order valence-corrected chi connectivity index (χ4v) is 2.94. The van der Waals surface area contributed by atoms with Crippen molar-refractivity contribution in [2.24, 2.45) is 0 Å². The summed E-state index contributed by atoms with van der Waals surface area (Å²) in [6, 6.07) is 16.1. The van der Waals surface area contributed by atoms with Crippen LogP contribution in [0.25, 0.3) is 10.9 Å². The number of halogens is 1. The van der Waals surface area contributed by atoms with Crippen LogP contribution in [0.1, 0.15) is 21.5 Å². The lowest BCUT2D eigenvalue weighted by Gasteiger charge is -2.08. The SMILES string of the molecule is CSc1ccc2cc(COC(=O)c3ccc(C#N)cc3)c(Cl)nc2c1. The summed E-state index contributed by atoms with van der Waals surface area (Å²) in [7, 11) is 0. The fraction of sp³-hybridized carbons (Fsp3) is 0.105. The number of carbonyl (C=O) groups is 1. The Morgan fingerprint density at radius 1 is 1.24 bits per heavy atom. The van der Waals surface area contributed by atoms with Crippen LogP contribution in [-0.4, -0.2) is 17.2 Å². The monoisotopic (exact) mass is 368 g/mol. The second kappa shape index (κ2) is 7.56. The van der Waals surface area contributed by atoms with Gasteiger partial charge in [-0.05, 0) is 48.7 Å². The number of rotatable bonds is 4. The molecule has 0 aliphatic heterocycles. The van der Waals surface area contributed by atoms with Crippen molar-refractivity contribution in [3.8, 4) is 6.07 Å². The van der Waals surface area contributed by atoms with Crippen LogP contribution in [0, 0.1) is 11.3 Å². The van der Waals surface area contributed by atoms with Gasteiger partial charge in [0.05, 0.1) is 22.7 Å². The van der Waals surface area contributed by atoms with Crippen molar-refractivity contribution in [3.63, 3.8) is 0 Å². The highest BCUT2D eigenvalue weighted by atomic mass is 35.5. The minimum Gasteiger partial charge on any atom is -0.457 e. The number of ether oxygens (including phenoxy) is 1. The number of thioether (sulfide) groups is 1. The number of aromatic nitrogens is 1. The number of nitrogens with zero attached hydrogens (tertiary/aromatic N) is 2. The van der Waals surface area contributed by atoms with E-state index in [1.807, 2.05) is 36.6 Å². The molecule has 0 spiro atoms. The molecular formula is C19H13ClN2O2S. The maximum absolute atomic E-state index is 12.1. The van der Waals surface area contributed by atoms with Crippen LogP contribution in [0.5, 0.6) is 0 Å². The van der Waals surface area contributed by atoms with Crippen molar-refractivity contribution in [3.05, 3.63) is 70.4 Å². The fourth-order valence-electron chi connectivity index (χ4n) is 2.30. The molecule has 0 N–H and O–H groups in total. The molecule has 1 aromatic heterocycles. The summed E-state index contributed by atoms with van der Waals surface area (Å²) in [4.78, 5) is 17.6. The molecule has 0 unspecified atom stereocenters. The number of benzene rings is 2. The molecule has 4 nitrogen and oxygen atoms in total. The van der Waals surface area contributed by atoms with E-state index >= 15 is 0 Å². The highest BCUT2D eigenvalue weighted by Crippen LogP contribution is 2.25. The maximum atomic E-state index is 12.1. The smallest absolute Gasteiger partial charge is 0.338 e. The molecule has 0 aliphatic rings. The van der Waals surface area contributed by atoms with Gasteiger partial charge >= 0.3 is 5.97 Å². The molecular weight excluding hydrogens is 356 g/mol. The number of carbonyl (C=O) groups excluding carboxylic acids is 1. The molecule has 25 heavy (non-hydrogen) atoms. The topological polar surface area (TPSA) is 63.0 Å². The van der Waals surface area contributed by atoms with Gasteiger partial charge in [0, 0.05) is 15.8 Å². The van der Waals surface area contributed by atoms with Gasteiger partial charge in [0.25, 0.3) is 0 Å². The van der Waals surface area contributed by atoms with Crippen molar-refractivity contribution in [2.75, 3.05) is 6.26 Å². The van der Waals surface area contributed by atoms with Gasteiger partial charge in [-0.25, -0.2) is 9.78 Å². The third-order valence-corrected chi connectivity index (χ3v) is 4.71. The normalized spacial score (nSPS) is 10.4. The van der Waals surface area contributed by atoms with Crippen molar-refractivity contribution in [1.82, 2.24) is 4.98 Å². The van der Waals surface area contributed by atoms with E-state index in [2.05, 4.69) is 4.98 Å². The van der Waals surface area contributed by atoms with E-state index in [1.165, 1.54) is 0 Å². The molecule has 0 radical (unpaired) electrons. The quantitative estimate of drug-likeness (QED) is 0.374. The molecule has 0 saturated heterocycles. The van der Waals surface area contributed by atoms with Gasteiger partial charge in [-0.15, -0.1) is 11.8 Å². The highest BCUT2D eigenvalue weighted by Gasteiger charge is 2.11. The van der Waals surface area contributed by atoms with Crippen LogP contribution < -0.4 is 0 Å². The van der Waals surface area contributed by atoms with Gasteiger partial charge in [0.1, 0.15) is 11.8 Å². The summed E-state index contributed by atoms with van der Waals surface area (Å²) in [5, 5.41) is 10.0. The second-order valence-corrected chi connectivity index (χ2v) is 6.50. The summed E-state index contributed by atoms with van der Waals surface area (Å²) in [6.45, 7) is 0.0326. The van der Waals surface area contributed by atoms with Crippen molar-refractivity contribution >= 4 is 40.2 Å². The minimum atomic E-state index is -0.474. The van der Waals surface area contributed by atoms with E-state index in [-0.39, 0.29) is 6.61 Å². The van der Waals surface area contributed by atoms with Gasteiger partial charge in [0.15, 0.2) is 0 Å². The van der Waals surface area contributed by atoms with Crippen LogP contribution in [0.2, 0.25) is 5.15 Å². The van der Waals surface area contributed by atoms with Gasteiger partial charge in [0.2, 0.25) is 0 Å². The lowest BCUT2D eigenvalue weighted by Crippen LogP contribution is -2.06. The Hall–Kier alpha value is -2.55. The van der Waals surface area contributed by atoms with Crippen LogP contribution in [0.4, 0.5) is 0 Å². The van der Waals surface area contributed by atoms with Gasteiger partial charge in [-0.1, -0.05) is 17.7 Å². The Morgan fingerprint density at radius 2 is 2.00 bits per heavy atom. The summed E-state index contributed by atoms with van der Waals surface area (Å²) < 4.78 is 5.31. The summed E-state index contributed by atoms with van der Waals surface area (Å²) >= 11 is 7.86. The zero-order valence-corrected chi connectivity index (χ0v) is 14.9. The Labute approximate surface area is 154 Å². The molecule has 3 aromatic rings. The molecule has 0 saturated carbocycles. The molecule has 1 heterocycles. The third kappa shape index (κ3) is 3.93. The second-order valence-electron chi connectivity index (χ2n) is 5.26. The lowest BCUT2D eigenvalue weighted by atomic mass is 10.1. The number of pyridine rings is 1. The predicted octanol–water partition coefficient (Wildman–Crippen LogP) is 4.84. The Balaban J connectivity index is 1.77. The summed E-state index contributed by atoms with van der Waals surface area (Å²) in [5.41, 5.74) is 2.32. The van der Waals surface area contributed by atoms with Gasteiger partial charge < -0.3 is 4.74 Å². The number of hydrogen-bond acceptors (Lipinski definition) is 5. The zero-order valence-electron chi connectivity index (χ0n) is 13.3. The predicted molar refractivity (Wildman–Crippen MR) is 98.8 cm³/mol. The van der Waals surface area contributed by atoms with Crippen molar-refractivity contribution in [2.45, 2.75) is 11.5 Å². The first-order chi connectivity index (χ1) is 12.1. The summed E-state index contributed by atoms with van der Waals surface area (Å²) in [6.07, 6.45) is 2.00. The molecule has 0 fully saturated rings. The van der Waals surface area contributed by atoms with Crippen molar-refractivity contribution in [1.29, 1.82) is 5.26 Å². The van der Waals surface area contributed by atoms with Crippen LogP contribution in [0.15, 0.2) is 53.4 Å². The number of esters is 1. The molecule has 6 heteroatoms. The molecule has 124 valence electrons. The average Bonchev–Trinajstić information content (AvgIpc) is 2.65. The molecule has 0 atom stereocenters. The van der Waals surface area contributed by atoms with E-state index in [9.17, 15) is 4.79 Å². The first-order valence-electron chi connectivity index (χ1n) is 7.41. The molecule has 0 amide bonds. The number of fused-ring (bicyclic) bond motifs is 1. The Morgan fingerprint density at radius 3 is 2.68 bits per heavy atom. The van der Waals surface area contributed by atoms with Crippen molar-refractivity contribution < 1.29 is 9.53 Å². The van der Waals surface area contributed by atoms with Crippen LogP contribution >= 0.6 is 23.4 Å². The maximum Gasteiger partial charge on any atom is 0.338 e. The van der Waals surface area contributed by atoms with E-state index in [1.54, 1.807) is 36.0 Å². The minimum absolute atomic E-state index is 0.0326. The lowest BCUT2D eigenvalue weighted by molar-refractivity contribution is 0.0472. The van der Waals surface area contributed by atoms with Gasteiger partial charge in [-0.3, -0.25) is 0 Å². The van der Waals surface area contributed by atoms with Gasteiger partial charge in [-0.2, -0.15) is 5.26 Å². The molecule has 0 bridgehead atoms. The van der Waals surface area contributed by atoms with E-state index < -0.39 is 5.97 Å². The highest BCUT2D eigenvalue weighted by molar-refractivity contribution is 7.98. The van der Waals surface area contributed by atoms with E-state index in [0.29, 0.717) is 21.8 Å². The number of hydrogen-bond donors (Lipinski definition) is 0. The largest absolute Gasteiger partial charge is 0.457 e. The van der Waals surface area contributed by atoms with Crippen LogP contribution in [-0.2, 0) is 11.3 Å². The van der Waals surface area contributed by atoms with E-state index in [0.717, 1.165) is 15.8 Å². The third-order valence-electron chi connectivity index (χ3n) is 3.66. The van der Waals surface area contributed by atoms with E-state index in [4.69, 9.17) is 21.6 Å². The summed E-state index contributed by atoms with van der Waals surface area (Å²) in [5.74, 6) is -0.474. The Kier molecular flexibility index (Phi) is 5.22. The first kappa shape index (κ1) is 17.3. The molecule has 0 aliphatic carbocycles. The number of nitriles is 1. The average molecular weight is 369 g/mol. The Bertz CT molecular complexity index is 981. The zero-order chi connectivity index (χ0) is 17.8. The van der Waals surface area contributed by atoms with Crippen LogP contribution in [0.3, 0.4) is 0 Å². The standard InChI is InChI=1S/C19H13ClN2O2S/c1-25-16-7-6-14-8-15(18(20)22-17(14)9-16)11-24-19(23)13-4-2-12(10-21)3-5-13/h2-9H,11H2,1H3. The molecule has 3 rings (SSSR count). The molecule has 2 aromatic carbocycles. The first-order valence-corrected chi connectivity index (χ1v) is 9.01.